The van der Waals surface area contributed by atoms with Crippen molar-refractivity contribution in [2.24, 2.45) is 0 Å². The third-order valence-corrected chi connectivity index (χ3v) is 3.84. The maximum Gasteiger partial charge on any atom is 0.411 e. The standard InChI is InChI=1S/C15H20BrN3O4/c1-15(2,3)23-14(22)19-7-6-18(9-11(19)13(20)21)10-4-5-12(16)17-8-10/h4-5,8,11H,6-7,9H2,1-3H3,(H,20,21)/t11-/m1/s1. The number of carbonyl (C=O) groups excluding carboxylic acids is 1. The molecule has 1 amide bonds. The smallest absolute Gasteiger partial charge is 0.411 e. The van der Waals surface area contributed by atoms with Gasteiger partial charge in [0.05, 0.1) is 11.9 Å². The molecule has 0 aromatic carbocycles. The van der Waals surface area contributed by atoms with E-state index in [1.807, 2.05) is 11.0 Å². The number of aliphatic carboxylic acids is 1. The fourth-order valence-corrected chi connectivity index (χ4v) is 2.56. The Morgan fingerprint density at radius 1 is 1.35 bits per heavy atom. The lowest BCUT2D eigenvalue weighted by Gasteiger charge is -2.40. The summed E-state index contributed by atoms with van der Waals surface area (Å²) in [5.74, 6) is -1.05. The molecule has 2 heterocycles. The topological polar surface area (TPSA) is 83.0 Å². The van der Waals surface area contributed by atoms with E-state index in [4.69, 9.17) is 4.74 Å². The van der Waals surface area contributed by atoms with Crippen LogP contribution in [0.5, 0.6) is 0 Å². The van der Waals surface area contributed by atoms with Crippen LogP contribution in [0.4, 0.5) is 10.5 Å². The largest absolute Gasteiger partial charge is 0.480 e. The number of hydrogen-bond acceptors (Lipinski definition) is 5. The van der Waals surface area contributed by atoms with Gasteiger partial charge < -0.3 is 14.7 Å². The van der Waals surface area contributed by atoms with Gasteiger partial charge >= 0.3 is 12.1 Å². The van der Waals surface area contributed by atoms with Crippen LogP contribution in [0, 0.1) is 0 Å². The highest BCUT2D eigenvalue weighted by molar-refractivity contribution is 9.10. The molecule has 1 aromatic rings. The Bertz CT molecular complexity index is 585. The average Bonchev–Trinajstić information content (AvgIpc) is 2.45. The van der Waals surface area contributed by atoms with E-state index < -0.39 is 23.7 Å². The molecule has 0 unspecified atom stereocenters. The molecule has 23 heavy (non-hydrogen) atoms. The molecule has 8 heteroatoms. The van der Waals surface area contributed by atoms with E-state index in [-0.39, 0.29) is 13.1 Å². The molecule has 1 aromatic heterocycles. The van der Waals surface area contributed by atoms with Gasteiger partial charge in [-0.2, -0.15) is 0 Å². The summed E-state index contributed by atoms with van der Waals surface area (Å²) in [6.45, 7) is 6.26. The van der Waals surface area contributed by atoms with Crippen molar-refractivity contribution in [3.05, 3.63) is 22.9 Å². The number of carboxylic acid groups (broad SMARTS) is 1. The summed E-state index contributed by atoms with van der Waals surface area (Å²) < 4.78 is 6.01. The molecule has 0 bridgehead atoms. The molecule has 0 radical (unpaired) electrons. The zero-order valence-corrected chi connectivity index (χ0v) is 14.9. The van der Waals surface area contributed by atoms with E-state index in [1.165, 1.54) is 4.90 Å². The van der Waals surface area contributed by atoms with Crippen LogP contribution in [0.1, 0.15) is 20.8 Å². The van der Waals surface area contributed by atoms with Crippen LogP contribution in [0.25, 0.3) is 0 Å². The van der Waals surface area contributed by atoms with Gasteiger partial charge in [0, 0.05) is 19.6 Å². The number of rotatable bonds is 2. The van der Waals surface area contributed by atoms with Crippen molar-refractivity contribution in [1.82, 2.24) is 9.88 Å². The molecule has 1 aliphatic heterocycles. The highest BCUT2D eigenvalue weighted by Crippen LogP contribution is 2.22. The summed E-state index contributed by atoms with van der Waals surface area (Å²) >= 11 is 3.27. The lowest BCUT2D eigenvalue weighted by molar-refractivity contribution is -0.143. The van der Waals surface area contributed by atoms with E-state index in [0.29, 0.717) is 11.1 Å². The van der Waals surface area contributed by atoms with E-state index in [1.54, 1.807) is 33.0 Å². The Morgan fingerprint density at radius 2 is 2.04 bits per heavy atom. The monoisotopic (exact) mass is 385 g/mol. The van der Waals surface area contributed by atoms with Gasteiger partial charge in [0.1, 0.15) is 16.2 Å². The Labute approximate surface area is 143 Å². The van der Waals surface area contributed by atoms with Crippen LogP contribution in [-0.2, 0) is 9.53 Å². The zero-order chi connectivity index (χ0) is 17.2. The summed E-state index contributed by atoms with van der Waals surface area (Å²) in [4.78, 5) is 31.1. The van der Waals surface area contributed by atoms with Gasteiger partial charge in [-0.1, -0.05) is 0 Å². The highest BCUT2D eigenvalue weighted by atomic mass is 79.9. The second-order valence-electron chi connectivity index (χ2n) is 6.31. The Kier molecular flexibility index (Phi) is 5.13. The van der Waals surface area contributed by atoms with E-state index in [9.17, 15) is 14.7 Å². The number of piperazine rings is 1. The Balaban J connectivity index is 2.13. The quantitative estimate of drug-likeness (QED) is 0.786. The number of hydrogen-bond donors (Lipinski definition) is 1. The summed E-state index contributed by atoms with van der Waals surface area (Å²) in [6, 6.07) is 2.70. The number of nitrogens with zero attached hydrogens (tertiary/aromatic N) is 3. The van der Waals surface area contributed by atoms with Crippen molar-refractivity contribution < 1.29 is 19.4 Å². The minimum Gasteiger partial charge on any atom is -0.480 e. The third kappa shape index (κ3) is 4.57. The van der Waals surface area contributed by atoms with Gasteiger partial charge in [-0.15, -0.1) is 0 Å². The molecule has 1 saturated heterocycles. The second kappa shape index (κ2) is 6.74. The van der Waals surface area contributed by atoms with Crippen molar-refractivity contribution in [3.8, 4) is 0 Å². The fourth-order valence-electron chi connectivity index (χ4n) is 2.32. The van der Waals surface area contributed by atoms with Crippen LogP contribution >= 0.6 is 15.9 Å². The first-order chi connectivity index (χ1) is 10.7. The number of carbonyl (C=O) groups is 2. The molecule has 0 saturated carbocycles. The highest BCUT2D eigenvalue weighted by Gasteiger charge is 2.37. The predicted molar refractivity (Wildman–Crippen MR) is 88.5 cm³/mol. The molecular formula is C15H20BrN3O4. The van der Waals surface area contributed by atoms with Crippen molar-refractivity contribution in [2.45, 2.75) is 32.4 Å². The summed E-state index contributed by atoms with van der Waals surface area (Å²) in [7, 11) is 0. The Hall–Kier alpha value is -1.83. The first kappa shape index (κ1) is 17.5. The maximum absolute atomic E-state index is 12.2. The second-order valence-corrected chi connectivity index (χ2v) is 7.13. The van der Waals surface area contributed by atoms with Gasteiger partial charge in [0.15, 0.2) is 0 Å². The number of aromatic nitrogens is 1. The molecule has 1 aliphatic rings. The number of amides is 1. The lowest BCUT2D eigenvalue weighted by atomic mass is 10.1. The number of halogens is 1. The molecule has 1 N–H and O–H groups in total. The normalized spacial score (nSPS) is 18.7. The van der Waals surface area contributed by atoms with Crippen LogP contribution in [0.3, 0.4) is 0 Å². The van der Waals surface area contributed by atoms with Gasteiger partial charge in [0.25, 0.3) is 0 Å². The molecule has 1 atom stereocenters. The van der Waals surface area contributed by atoms with Gasteiger partial charge in [-0.3, -0.25) is 4.90 Å². The van der Waals surface area contributed by atoms with E-state index in [0.717, 1.165) is 5.69 Å². The Morgan fingerprint density at radius 3 is 2.57 bits per heavy atom. The molecule has 7 nitrogen and oxygen atoms in total. The minimum absolute atomic E-state index is 0.192. The molecule has 2 rings (SSSR count). The van der Waals surface area contributed by atoms with Crippen molar-refractivity contribution in [1.29, 1.82) is 0 Å². The molecular weight excluding hydrogens is 366 g/mol. The average molecular weight is 386 g/mol. The summed E-state index contributed by atoms with van der Waals surface area (Å²) in [5.41, 5.74) is 0.163. The number of carboxylic acids is 1. The van der Waals surface area contributed by atoms with Crippen LogP contribution in [0.15, 0.2) is 22.9 Å². The first-order valence-electron chi connectivity index (χ1n) is 7.26. The van der Waals surface area contributed by atoms with Gasteiger partial charge in [-0.25, -0.2) is 14.6 Å². The van der Waals surface area contributed by atoms with Crippen LogP contribution in [0.2, 0.25) is 0 Å². The van der Waals surface area contributed by atoms with Gasteiger partial charge in [0.2, 0.25) is 0 Å². The fraction of sp³-hybridized carbons (Fsp3) is 0.533. The predicted octanol–water partition coefficient (Wildman–Crippen LogP) is 2.35. The van der Waals surface area contributed by atoms with E-state index >= 15 is 0 Å². The summed E-state index contributed by atoms with van der Waals surface area (Å²) in [6.07, 6.45) is 1.07. The third-order valence-electron chi connectivity index (χ3n) is 3.37. The van der Waals surface area contributed by atoms with Crippen molar-refractivity contribution in [2.75, 3.05) is 24.5 Å². The number of pyridine rings is 1. The number of ether oxygens (including phenoxy) is 1. The molecule has 126 valence electrons. The van der Waals surface area contributed by atoms with Crippen LogP contribution in [-0.4, -0.2) is 58.3 Å². The first-order valence-corrected chi connectivity index (χ1v) is 8.05. The maximum atomic E-state index is 12.2. The lowest BCUT2D eigenvalue weighted by Crippen LogP contribution is -2.59. The molecule has 0 aliphatic carbocycles. The van der Waals surface area contributed by atoms with Crippen molar-refractivity contribution in [3.63, 3.8) is 0 Å². The minimum atomic E-state index is -1.05. The SMILES string of the molecule is CC(C)(C)OC(=O)N1CCN(c2ccc(Br)nc2)C[C@@H]1C(=O)O. The molecule has 0 spiro atoms. The van der Waals surface area contributed by atoms with Gasteiger partial charge in [-0.05, 0) is 48.8 Å². The molecule has 1 fully saturated rings. The number of anilines is 1. The van der Waals surface area contributed by atoms with Crippen LogP contribution < -0.4 is 4.90 Å². The summed E-state index contributed by atoms with van der Waals surface area (Å²) in [5, 5.41) is 9.47. The van der Waals surface area contributed by atoms with E-state index in [2.05, 4.69) is 20.9 Å². The zero-order valence-electron chi connectivity index (χ0n) is 13.3. The van der Waals surface area contributed by atoms with Crippen molar-refractivity contribution >= 4 is 33.7 Å².